The summed E-state index contributed by atoms with van der Waals surface area (Å²) in [5, 5.41) is 10.1. The number of halogens is 3. The number of rotatable bonds is 2. The molecule has 0 aliphatic heterocycles. The van der Waals surface area contributed by atoms with E-state index in [0.717, 1.165) is 13.1 Å². The summed E-state index contributed by atoms with van der Waals surface area (Å²) >= 11 is 8.23. The summed E-state index contributed by atoms with van der Waals surface area (Å²) in [6.07, 6.45) is -0.738. The molecule has 1 N–H and O–H groups in total. The van der Waals surface area contributed by atoms with Crippen LogP contribution in [0.3, 0.4) is 0 Å². The molecule has 0 bridgehead atoms. The third kappa shape index (κ3) is 2.53. The molecule has 0 amide bonds. The van der Waals surface area contributed by atoms with Gasteiger partial charge in [-0.1, -0.05) is 12.1 Å². The standard InChI is InChI=1S/C11H7Br2FOS/c12-9-5-8(11(13)16-9)10(15)6-1-3-7(14)4-2-6/h1-5,10,15H. The first-order valence-electron chi connectivity index (χ1n) is 4.46. The van der Waals surface area contributed by atoms with Crippen molar-refractivity contribution < 1.29 is 9.50 Å². The minimum atomic E-state index is -0.738. The number of thiophene rings is 1. The molecule has 0 radical (unpaired) electrons. The van der Waals surface area contributed by atoms with Gasteiger partial charge in [-0.15, -0.1) is 11.3 Å². The van der Waals surface area contributed by atoms with Crippen molar-refractivity contribution >= 4 is 43.2 Å². The van der Waals surface area contributed by atoms with Crippen molar-refractivity contribution in [3.05, 3.63) is 54.8 Å². The molecular weight excluding hydrogens is 359 g/mol. The maximum atomic E-state index is 12.7. The van der Waals surface area contributed by atoms with E-state index in [1.54, 1.807) is 12.1 Å². The summed E-state index contributed by atoms with van der Waals surface area (Å²) in [6.45, 7) is 0. The van der Waals surface area contributed by atoms with Gasteiger partial charge in [0.05, 0.1) is 7.57 Å². The predicted octanol–water partition coefficient (Wildman–Crippen LogP) is 4.49. The fraction of sp³-hybridized carbons (Fsp3) is 0.0909. The van der Waals surface area contributed by atoms with Gasteiger partial charge in [0.25, 0.3) is 0 Å². The van der Waals surface area contributed by atoms with Crippen LogP contribution >= 0.6 is 43.2 Å². The quantitative estimate of drug-likeness (QED) is 0.831. The molecule has 0 saturated carbocycles. The van der Waals surface area contributed by atoms with Crippen molar-refractivity contribution in [2.75, 3.05) is 0 Å². The Labute approximate surface area is 113 Å². The maximum absolute atomic E-state index is 12.7. The Kier molecular flexibility index (Phi) is 3.79. The normalized spacial score (nSPS) is 12.8. The summed E-state index contributed by atoms with van der Waals surface area (Å²) in [7, 11) is 0. The summed E-state index contributed by atoms with van der Waals surface area (Å²) in [6, 6.07) is 7.69. The van der Waals surface area contributed by atoms with Gasteiger partial charge in [-0.25, -0.2) is 4.39 Å². The molecule has 5 heteroatoms. The summed E-state index contributed by atoms with van der Waals surface area (Å²) in [4.78, 5) is 0. The number of aliphatic hydroxyl groups excluding tert-OH is 1. The highest BCUT2D eigenvalue weighted by atomic mass is 79.9. The topological polar surface area (TPSA) is 20.2 Å². The van der Waals surface area contributed by atoms with Gasteiger partial charge in [-0.2, -0.15) is 0 Å². The Morgan fingerprint density at radius 1 is 1.19 bits per heavy atom. The highest BCUT2D eigenvalue weighted by Crippen LogP contribution is 2.37. The van der Waals surface area contributed by atoms with Gasteiger partial charge in [0.2, 0.25) is 0 Å². The Hall–Kier alpha value is -0.230. The van der Waals surface area contributed by atoms with Crippen molar-refractivity contribution in [3.8, 4) is 0 Å². The van der Waals surface area contributed by atoms with Gasteiger partial charge in [0.15, 0.2) is 0 Å². The van der Waals surface area contributed by atoms with Crippen molar-refractivity contribution in [3.63, 3.8) is 0 Å². The first-order valence-corrected chi connectivity index (χ1v) is 6.86. The van der Waals surface area contributed by atoms with E-state index >= 15 is 0 Å². The molecule has 1 unspecified atom stereocenters. The van der Waals surface area contributed by atoms with E-state index in [1.165, 1.54) is 23.5 Å². The van der Waals surface area contributed by atoms with E-state index < -0.39 is 6.10 Å². The fourth-order valence-corrected chi connectivity index (χ4v) is 4.25. The van der Waals surface area contributed by atoms with Crippen LogP contribution in [0.15, 0.2) is 37.9 Å². The number of hydrogen-bond donors (Lipinski definition) is 1. The Morgan fingerprint density at radius 3 is 2.31 bits per heavy atom. The highest BCUT2D eigenvalue weighted by molar-refractivity contribution is 9.12. The zero-order valence-electron chi connectivity index (χ0n) is 7.95. The molecule has 0 fully saturated rings. The van der Waals surface area contributed by atoms with Crippen LogP contribution < -0.4 is 0 Å². The molecule has 2 rings (SSSR count). The van der Waals surface area contributed by atoms with Crippen LogP contribution in [0, 0.1) is 5.82 Å². The zero-order valence-corrected chi connectivity index (χ0v) is 11.9. The molecular formula is C11H7Br2FOS. The third-order valence-electron chi connectivity index (χ3n) is 2.16. The molecule has 0 aliphatic rings. The number of aliphatic hydroxyl groups is 1. The van der Waals surface area contributed by atoms with Crippen molar-refractivity contribution in [2.45, 2.75) is 6.10 Å². The highest BCUT2D eigenvalue weighted by Gasteiger charge is 2.16. The van der Waals surface area contributed by atoms with Crippen LogP contribution in [0.4, 0.5) is 4.39 Å². The average molecular weight is 366 g/mol. The lowest BCUT2D eigenvalue weighted by Gasteiger charge is -2.09. The second kappa shape index (κ2) is 4.96. The van der Waals surface area contributed by atoms with Crippen LogP contribution in [0.2, 0.25) is 0 Å². The zero-order chi connectivity index (χ0) is 11.7. The second-order valence-electron chi connectivity index (χ2n) is 3.23. The Bertz CT molecular complexity index is 495. The van der Waals surface area contributed by atoms with Crippen LogP contribution in [-0.2, 0) is 0 Å². The smallest absolute Gasteiger partial charge is 0.123 e. The number of hydrogen-bond acceptors (Lipinski definition) is 2. The van der Waals surface area contributed by atoms with Gasteiger partial charge in [-0.3, -0.25) is 0 Å². The van der Waals surface area contributed by atoms with Crippen LogP contribution in [0.25, 0.3) is 0 Å². The molecule has 0 spiro atoms. The second-order valence-corrected chi connectivity index (χ2v) is 6.98. The van der Waals surface area contributed by atoms with Crippen LogP contribution in [-0.4, -0.2) is 5.11 Å². The van der Waals surface area contributed by atoms with E-state index in [-0.39, 0.29) is 5.82 Å². The van der Waals surface area contributed by atoms with Gasteiger partial charge in [-0.05, 0) is 55.6 Å². The molecule has 2 aromatic rings. The Balaban J connectivity index is 2.35. The van der Waals surface area contributed by atoms with Crippen molar-refractivity contribution in [1.29, 1.82) is 0 Å². The van der Waals surface area contributed by atoms with Crippen molar-refractivity contribution in [2.24, 2.45) is 0 Å². The third-order valence-corrected chi connectivity index (χ3v) is 4.55. The molecule has 0 aliphatic carbocycles. The summed E-state index contributed by atoms with van der Waals surface area (Å²) in [5.41, 5.74) is 1.45. The van der Waals surface area contributed by atoms with E-state index in [0.29, 0.717) is 5.56 Å². The lowest BCUT2D eigenvalue weighted by Crippen LogP contribution is -1.98. The van der Waals surface area contributed by atoms with Gasteiger partial charge in [0, 0.05) is 5.56 Å². The van der Waals surface area contributed by atoms with Gasteiger partial charge < -0.3 is 5.11 Å². The summed E-state index contributed by atoms with van der Waals surface area (Å²) < 4.78 is 14.6. The van der Waals surface area contributed by atoms with Gasteiger partial charge in [0.1, 0.15) is 11.9 Å². The van der Waals surface area contributed by atoms with Crippen LogP contribution in [0.1, 0.15) is 17.2 Å². The van der Waals surface area contributed by atoms with Gasteiger partial charge >= 0.3 is 0 Å². The lowest BCUT2D eigenvalue weighted by molar-refractivity contribution is 0.220. The van der Waals surface area contributed by atoms with E-state index in [1.807, 2.05) is 6.07 Å². The predicted molar refractivity (Wildman–Crippen MR) is 70.2 cm³/mol. The minimum Gasteiger partial charge on any atom is -0.384 e. The first-order chi connectivity index (χ1) is 7.58. The average Bonchev–Trinajstić information content (AvgIpc) is 2.58. The minimum absolute atomic E-state index is 0.304. The molecule has 1 heterocycles. The SMILES string of the molecule is OC(c1ccc(F)cc1)c1cc(Br)sc1Br. The molecule has 16 heavy (non-hydrogen) atoms. The Morgan fingerprint density at radius 2 is 1.81 bits per heavy atom. The van der Waals surface area contributed by atoms with Crippen LogP contribution in [0.5, 0.6) is 0 Å². The van der Waals surface area contributed by atoms with E-state index in [9.17, 15) is 9.50 Å². The lowest BCUT2D eigenvalue weighted by atomic mass is 10.0. The molecule has 1 nitrogen and oxygen atoms in total. The molecule has 0 saturated heterocycles. The fourth-order valence-electron chi connectivity index (χ4n) is 1.36. The van der Waals surface area contributed by atoms with E-state index in [2.05, 4.69) is 31.9 Å². The molecule has 84 valence electrons. The first kappa shape index (κ1) is 12.2. The molecule has 1 aromatic carbocycles. The molecule has 1 aromatic heterocycles. The number of benzene rings is 1. The largest absolute Gasteiger partial charge is 0.384 e. The maximum Gasteiger partial charge on any atom is 0.123 e. The monoisotopic (exact) mass is 364 g/mol. The van der Waals surface area contributed by atoms with Crippen molar-refractivity contribution in [1.82, 2.24) is 0 Å². The summed E-state index contributed by atoms with van der Waals surface area (Å²) in [5.74, 6) is -0.304. The molecule has 1 atom stereocenters. The van der Waals surface area contributed by atoms with E-state index in [4.69, 9.17) is 0 Å².